The van der Waals surface area contributed by atoms with Gasteiger partial charge >= 0.3 is 6.03 Å². The maximum atomic E-state index is 13.5. The molecule has 0 aliphatic carbocycles. The molecule has 0 radical (unpaired) electrons. The smallest absolute Gasteiger partial charge is 0.335 e. The lowest BCUT2D eigenvalue weighted by molar-refractivity contribution is 0.252. The minimum atomic E-state index is -0.146. The number of fused-ring (bicyclic) bond motifs is 1. The van der Waals surface area contributed by atoms with Gasteiger partial charge in [-0.1, -0.05) is 29.5 Å². The standard InChI is InChI=1S/C21H20N4O2S/c1-14-4-6-17(7-5-14)25-19-15(12-22-20(23-19)28-3)13-24(21(25)26)16-8-10-18(27-2)11-9-16/h4-12H,13H2,1-3H3. The molecule has 0 saturated carbocycles. The van der Waals surface area contributed by atoms with Crippen molar-refractivity contribution in [2.45, 2.75) is 18.6 Å². The summed E-state index contributed by atoms with van der Waals surface area (Å²) < 4.78 is 5.23. The van der Waals surface area contributed by atoms with Crippen LogP contribution in [0.4, 0.5) is 22.0 Å². The minimum absolute atomic E-state index is 0.146. The number of nitrogens with zero attached hydrogens (tertiary/aromatic N) is 4. The van der Waals surface area contributed by atoms with Crippen molar-refractivity contribution in [1.82, 2.24) is 9.97 Å². The molecule has 0 spiro atoms. The average Bonchev–Trinajstić information content (AvgIpc) is 2.74. The number of methoxy groups -OCH3 is 1. The second kappa shape index (κ2) is 7.52. The van der Waals surface area contributed by atoms with Crippen molar-refractivity contribution in [2.75, 3.05) is 23.2 Å². The summed E-state index contributed by atoms with van der Waals surface area (Å²) in [6.45, 7) is 2.44. The summed E-state index contributed by atoms with van der Waals surface area (Å²) in [6.07, 6.45) is 3.73. The van der Waals surface area contributed by atoms with Crippen LogP contribution in [0.5, 0.6) is 5.75 Å². The Morgan fingerprint density at radius 1 is 1.04 bits per heavy atom. The highest BCUT2D eigenvalue weighted by Gasteiger charge is 2.34. The number of aromatic nitrogens is 2. The van der Waals surface area contributed by atoms with Gasteiger partial charge in [0.05, 0.1) is 19.3 Å². The molecule has 0 fully saturated rings. The van der Waals surface area contributed by atoms with Gasteiger partial charge in [-0.3, -0.25) is 4.90 Å². The second-order valence-electron chi connectivity index (χ2n) is 6.44. The molecule has 2 amide bonds. The highest BCUT2D eigenvalue weighted by atomic mass is 32.2. The number of carbonyl (C=O) groups is 1. The molecule has 7 heteroatoms. The highest BCUT2D eigenvalue weighted by Crippen LogP contribution is 2.36. The second-order valence-corrected chi connectivity index (χ2v) is 7.22. The summed E-state index contributed by atoms with van der Waals surface area (Å²) >= 11 is 1.46. The third-order valence-electron chi connectivity index (χ3n) is 4.64. The van der Waals surface area contributed by atoms with Crippen molar-refractivity contribution in [3.8, 4) is 5.75 Å². The molecule has 1 aliphatic heterocycles. The molecule has 2 aromatic carbocycles. The summed E-state index contributed by atoms with van der Waals surface area (Å²) in [5.41, 5.74) is 3.60. The minimum Gasteiger partial charge on any atom is -0.497 e. The van der Waals surface area contributed by atoms with E-state index in [1.807, 2.05) is 61.7 Å². The Morgan fingerprint density at radius 2 is 1.71 bits per heavy atom. The summed E-state index contributed by atoms with van der Waals surface area (Å²) in [7, 11) is 1.62. The number of benzene rings is 2. The van der Waals surface area contributed by atoms with Gasteiger partial charge in [0.15, 0.2) is 11.0 Å². The van der Waals surface area contributed by atoms with Gasteiger partial charge in [0.25, 0.3) is 0 Å². The van der Waals surface area contributed by atoms with Crippen molar-refractivity contribution in [3.05, 3.63) is 65.9 Å². The number of rotatable bonds is 4. The van der Waals surface area contributed by atoms with E-state index >= 15 is 0 Å². The quantitative estimate of drug-likeness (QED) is 0.472. The van der Waals surface area contributed by atoms with E-state index in [0.29, 0.717) is 17.5 Å². The zero-order chi connectivity index (χ0) is 19.7. The van der Waals surface area contributed by atoms with Gasteiger partial charge in [-0.05, 0) is 49.6 Å². The average molecular weight is 392 g/mol. The number of aryl methyl sites for hydroxylation is 1. The van der Waals surface area contributed by atoms with Crippen LogP contribution in [0.25, 0.3) is 0 Å². The molecule has 0 bridgehead atoms. The van der Waals surface area contributed by atoms with Crippen molar-refractivity contribution >= 4 is 35.0 Å². The number of thioether (sulfide) groups is 1. The van der Waals surface area contributed by atoms with E-state index in [4.69, 9.17) is 4.74 Å². The number of anilines is 3. The van der Waals surface area contributed by atoms with E-state index in [0.717, 1.165) is 28.3 Å². The number of amides is 2. The van der Waals surface area contributed by atoms with Crippen LogP contribution in [0.2, 0.25) is 0 Å². The van der Waals surface area contributed by atoms with E-state index in [9.17, 15) is 4.79 Å². The molecular weight excluding hydrogens is 372 g/mol. The first-order valence-electron chi connectivity index (χ1n) is 8.83. The Labute approximate surface area is 168 Å². The molecule has 142 valence electrons. The molecular formula is C21H20N4O2S. The molecule has 4 rings (SSSR count). The number of ether oxygens (including phenoxy) is 1. The predicted octanol–water partition coefficient (Wildman–Crippen LogP) is 4.79. The van der Waals surface area contributed by atoms with Gasteiger partial charge < -0.3 is 4.74 Å². The molecule has 1 aliphatic rings. The zero-order valence-corrected chi connectivity index (χ0v) is 16.7. The summed E-state index contributed by atoms with van der Waals surface area (Å²) in [5.74, 6) is 1.38. The van der Waals surface area contributed by atoms with Gasteiger partial charge in [-0.2, -0.15) is 0 Å². The van der Waals surface area contributed by atoms with E-state index < -0.39 is 0 Å². The Balaban J connectivity index is 1.82. The van der Waals surface area contributed by atoms with Crippen molar-refractivity contribution in [3.63, 3.8) is 0 Å². The molecule has 2 heterocycles. The van der Waals surface area contributed by atoms with Gasteiger partial charge in [-0.15, -0.1) is 0 Å². The van der Waals surface area contributed by atoms with Gasteiger partial charge in [0, 0.05) is 17.4 Å². The molecule has 0 N–H and O–H groups in total. The Hall–Kier alpha value is -3.06. The fraction of sp³-hybridized carbons (Fsp3) is 0.190. The van der Waals surface area contributed by atoms with Crippen LogP contribution >= 0.6 is 11.8 Å². The lowest BCUT2D eigenvalue weighted by atomic mass is 10.1. The van der Waals surface area contributed by atoms with E-state index in [-0.39, 0.29) is 6.03 Å². The molecule has 1 aromatic heterocycles. The molecule has 0 saturated heterocycles. The van der Waals surface area contributed by atoms with Crippen molar-refractivity contribution in [1.29, 1.82) is 0 Å². The largest absolute Gasteiger partial charge is 0.497 e. The molecule has 28 heavy (non-hydrogen) atoms. The Kier molecular flexibility index (Phi) is 4.92. The third kappa shape index (κ3) is 3.29. The van der Waals surface area contributed by atoms with E-state index in [1.165, 1.54) is 11.8 Å². The van der Waals surface area contributed by atoms with Crippen LogP contribution in [-0.2, 0) is 6.54 Å². The Bertz CT molecular complexity index is 1010. The first-order valence-corrected chi connectivity index (χ1v) is 10.1. The molecule has 0 atom stereocenters. The normalized spacial score (nSPS) is 13.5. The van der Waals surface area contributed by atoms with Gasteiger partial charge in [-0.25, -0.2) is 19.7 Å². The summed E-state index contributed by atoms with van der Waals surface area (Å²) in [4.78, 5) is 25.9. The lowest BCUT2D eigenvalue weighted by Gasteiger charge is -2.36. The van der Waals surface area contributed by atoms with Crippen LogP contribution in [0.1, 0.15) is 11.1 Å². The highest BCUT2D eigenvalue weighted by molar-refractivity contribution is 7.98. The predicted molar refractivity (Wildman–Crippen MR) is 112 cm³/mol. The number of hydrogen-bond acceptors (Lipinski definition) is 5. The monoisotopic (exact) mass is 392 g/mol. The first-order chi connectivity index (χ1) is 13.6. The van der Waals surface area contributed by atoms with Crippen LogP contribution in [0.15, 0.2) is 59.9 Å². The maximum absolute atomic E-state index is 13.5. The molecule has 0 unspecified atom stereocenters. The molecule has 6 nitrogen and oxygen atoms in total. The van der Waals surface area contributed by atoms with Crippen molar-refractivity contribution in [2.24, 2.45) is 0 Å². The summed E-state index contributed by atoms with van der Waals surface area (Å²) in [6, 6.07) is 15.2. The number of hydrogen-bond donors (Lipinski definition) is 0. The van der Waals surface area contributed by atoms with Crippen LogP contribution in [-0.4, -0.2) is 29.4 Å². The first kappa shape index (κ1) is 18.3. The van der Waals surface area contributed by atoms with Gasteiger partial charge in [0.2, 0.25) is 0 Å². The van der Waals surface area contributed by atoms with E-state index in [1.54, 1.807) is 23.1 Å². The van der Waals surface area contributed by atoms with Crippen LogP contribution in [0, 0.1) is 6.92 Å². The molecule has 3 aromatic rings. The zero-order valence-electron chi connectivity index (χ0n) is 15.9. The topological polar surface area (TPSA) is 58.6 Å². The number of urea groups is 1. The SMILES string of the molecule is COc1ccc(N2Cc3cnc(SC)nc3N(c3ccc(C)cc3)C2=O)cc1. The van der Waals surface area contributed by atoms with Crippen molar-refractivity contribution < 1.29 is 9.53 Å². The summed E-state index contributed by atoms with van der Waals surface area (Å²) in [5, 5.41) is 0.640. The number of carbonyl (C=O) groups excluding carboxylic acids is 1. The van der Waals surface area contributed by atoms with E-state index in [2.05, 4.69) is 9.97 Å². The fourth-order valence-corrected chi connectivity index (χ4v) is 3.46. The van der Waals surface area contributed by atoms with Gasteiger partial charge in [0.1, 0.15) is 5.75 Å². The maximum Gasteiger partial charge on any atom is 0.335 e. The van der Waals surface area contributed by atoms with Crippen LogP contribution < -0.4 is 14.5 Å². The third-order valence-corrected chi connectivity index (χ3v) is 5.20. The lowest BCUT2D eigenvalue weighted by Crippen LogP contribution is -2.45. The van der Waals surface area contributed by atoms with Crippen LogP contribution in [0.3, 0.4) is 0 Å². The Morgan fingerprint density at radius 3 is 2.36 bits per heavy atom. The fourth-order valence-electron chi connectivity index (χ4n) is 3.13.